The molecule has 9 aromatic carbocycles. The Hall–Kier alpha value is -7.79. The smallest absolute Gasteiger partial charge is 0.123 e. The molecule has 0 unspecified atom stereocenters. The molecular formula is C60H51O6P. The van der Waals surface area contributed by atoms with Crippen LogP contribution in [0.3, 0.4) is 0 Å². The second kappa shape index (κ2) is 22.9. The van der Waals surface area contributed by atoms with Crippen LogP contribution in [0.2, 0.25) is 0 Å². The van der Waals surface area contributed by atoms with Crippen molar-refractivity contribution in [1.82, 2.24) is 0 Å². The Morgan fingerprint density at radius 3 is 0.746 bits per heavy atom. The maximum atomic E-state index is 6.40. The van der Waals surface area contributed by atoms with E-state index in [9.17, 15) is 0 Å². The summed E-state index contributed by atoms with van der Waals surface area (Å²) >= 11 is 0. The van der Waals surface area contributed by atoms with E-state index >= 15 is 0 Å². The van der Waals surface area contributed by atoms with E-state index in [1.54, 1.807) is 0 Å². The van der Waals surface area contributed by atoms with Crippen LogP contribution < -0.4 is 44.3 Å². The summed E-state index contributed by atoms with van der Waals surface area (Å²) < 4.78 is 37.8. The molecule has 332 valence electrons. The molecule has 0 aliphatic heterocycles. The third kappa shape index (κ3) is 13.2. The summed E-state index contributed by atoms with van der Waals surface area (Å²) in [7, 11) is -0.866. The first-order chi connectivity index (χ1) is 33.1. The second-order valence-electron chi connectivity index (χ2n) is 16.0. The third-order valence-corrected chi connectivity index (χ3v) is 13.3. The molecule has 0 spiro atoms. The summed E-state index contributed by atoms with van der Waals surface area (Å²) in [5.74, 6) is 4.46. The lowest BCUT2D eigenvalue weighted by Crippen LogP contribution is -2.20. The van der Waals surface area contributed by atoms with Gasteiger partial charge >= 0.3 is 0 Å². The number of hydrogen-bond acceptors (Lipinski definition) is 6. The highest BCUT2D eigenvalue weighted by Crippen LogP contribution is 2.35. The average Bonchev–Trinajstić information content (AvgIpc) is 3.39. The van der Waals surface area contributed by atoms with Gasteiger partial charge < -0.3 is 28.4 Å². The number of hydrogen-bond donors (Lipinski definition) is 0. The van der Waals surface area contributed by atoms with E-state index in [2.05, 4.69) is 127 Å². The van der Waals surface area contributed by atoms with E-state index in [1.165, 1.54) is 15.9 Å². The van der Waals surface area contributed by atoms with Crippen LogP contribution in [0, 0.1) is 0 Å². The van der Waals surface area contributed by atoms with Crippen LogP contribution in [0.25, 0.3) is 0 Å². The topological polar surface area (TPSA) is 55.4 Å². The number of benzene rings is 9. The van der Waals surface area contributed by atoms with Crippen LogP contribution in [-0.4, -0.2) is 0 Å². The maximum Gasteiger partial charge on any atom is 0.123 e. The van der Waals surface area contributed by atoms with Crippen molar-refractivity contribution in [3.63, 3.8) is 0 Å². The van der Waals surface area contributed by atoms with Crippen LogP contribution in [0.4, 0.5) is 0 Å². The monoisotopic (exact) mass is 898 g/mol. The van der Waals surface area contributed by atoms with Crippen LogP contribution in [0.15, 0.2) is 237 Å². The summed E-state index contributed by atoms with van der Waals surface area (Å²) in [6, 6.07) is 80.2. The summed E-state index contributed by atoms with van der Waals surface area (Å²) in [5, 5.41) is 3.68. The molecule has 0 saturated carbocycles. The third-order valence-electron chi connectivity index (χ3n) is 10.9. The van der Waals surface area contributed by atoms with Crippen molar-refractivity contribution in [3.05, 3.63) is 270 Å². The number of ether oxygens (including phenoxy) is 6. The Bertz CT molecular complexity index is 2570. The molecule has 0 aliphatic rings. The molecule has 6 nitrogen and oxygen atoms in total. The minimum Gasteiger partial charge on any atom is -0.489 e. The van der Waals surface area contributed by atoms with Gasteiger partial charge in [-0.05, 0) is 106 Å². The molecule has 0 N–H and O–H groups in total. The van der Waals surface area contributed by atoms with Crippen molar-refractivity contribution in [1.29, 1.82) is 0 Å². The van der Waals surface area contributed by atoms with Gasteiger partial charge in [0.15, 0.2) is 0 Å². The van der Waals surface area contributed by atoms with Gasteiger partial charge in [0.1, 0.15) is 74.1 Å². The fraction of sp³-hybridized carbons (Fsp3) is 0.100. The maximum absolute atomic E-state index is 6.40. The highest BCUT2D eigenvalue weighted by molar-refractivity contribution is 7.79. The molecule has 0 saturated heterocycles. The summed E-state index contributed by atoms with van der Waals surface area (Å²) in [4.78, 5) is 0. The lowest BCUT2D eigenvalue weighted by atomic mass is 10.2. The second-order valence-corrected chi connectivity index (χ2v) is 18.2. The van der Waals surface area contributed by atoms with Crippen LogP contribution >= 0.6 is 7.92 Å². The van der Waals surface area contributed by atoms with Gasteiger partial charge in [-0.15, -0.1) is 0 Å². The lowest BCUT2D eigenvalue weighted by molar-refractivity contribution is 0.281. The molecule has 0 aliphatic carbocycles. The molecule has 0 amide bonds. The normalized spacial score (nSPS) is 10.9. The van der Waals surface area contributed by atoms with Crippen molar-refractivity contribution in [2.75, 3.05) is 0 Å². The van der Waals surface area contributed by atoms with Crippen molar-refractivity contribution in [2.45, 2.75) is 39.6 Å². The fourth-order valence-electron chi connectivity index (χ4n) is 7.47. The van der Waals surface area contributed by atoms with Gasteiger partial charge in [-0.3, -0.25) is 0 Å². The predicted octanol–water partition coefficient (Wildman–Crippen LogP) is 12.9. The molecule has 9 rings (SSSR count). The molecule has 0 bridgehead atoms. The van der Waals surface area contributed by atoms with Gasteiger partial charge in [-0.25, -0.2) is 0 Å². The van der Waals surface area contributed by atoms with Gasteiger partial charge in [-0.2, -0.15) is 0 Å². The molecule has 0 atom stereocenters. The van der Waals surface area contributed by atoms with E-state index < -0.39 is 7.92 Å². The summed E-state index contributed by atoms with van der Waals surface area (Å²) in [6.07, 6.45) is 0. The fourth-order valence-corrected chi connectivity index (χ4v) is 9.72. The first-order valence-corrected chi connectivity index (χ1v) is 23.8. The van der Waals surface area contributed by atoms with Gasteiger partial charge in [0.25, 0.3) is 0 Å². The summed E-state index contributed by atoms with van der Waals surface area (Å²) in [5.41, 5.74) is 6.29. The zero-order valence-corrected chi connectivity index (χ0v) is 38.1. The average molecular weight is 899 g/mol. The lowest BCUT2D eigenvalue weighted by Gasteiger charge is -2.20. The molecule has 0 aromatic heterocycles. The largest absolute Gasteiger partial charge is 0.489 e. The van der Waals surface area contributed by atoms with Crippen LogP contribution in [0.5, 0.6) is 34.5 Å². The van der Waals surface area contributed by atoms with E-state index in [-0.39, 0.29) is 0 Å². The Morgan fingerprint density at radius 1 is 0.209 bits per heavy atom. The van der Waals surface area contributed by atoms with Gasteiger partial charge in [0.05, 0.1) is 0 Å². The molecule has 67 heavy (non-hydrogen) atoms. The SMILES string of the molecule is c1ccc(COc2cc(COc3ccc(P(c4ccccc4)c4ccc(OCc5cc(OCc6ccccc6)cc(OCc6ccccc6)c5)cc4)cc3)cc(OCc3ccccc3)c2)cc1. The molecular weight excluding hydrogens is 848 g/mol. The molecule has 0 radical (unpaired) electrons. The summed E-state index contributed by atoms with van der Waals surface area (Å²) in [6.45, 7) is 2.53. The Balaban J connectivity index is 0.872. The highest BCUT2D eigenvalue weighted by Gasteiger charge is 2.17. The van der Waals surface area contributed by atoms with E-state index in [0.29, 0.717) is 39.6 Å². The van der Waals surface area contributed by atoms with Crippen LogP contribution in [-0.2, 0) is 39.6 Å². The first-order valence-electron chi connectivity index (χ1n) is 22.4. The van der Waals surface area contributed by atoms with Crippen molar-refractivity contribution < 1.29 is 28.4 Å². The minimum absolute atomic E-state index is 0.353. The Kier molecular flexibility index (Phi) is 15.2. The minimum atomic E-state index is -0.866. The van der Waals surface area contributed by atoms with E-state index in [0.717, 1.165) is 67.9 Å². The highest BCUT2D eigenvalue weighted by atomic mass is 31.1. The Morgan fingerprint density at radius 2 is 0.448 bits per heavy atom. The molecule has 0 fully saturated rings. The first kappa shape index (κ1) is 44.4. The van der Waals surface area contributed by atoms with Gasteiger partial charge in [-0.1, -0.05) is 176 Å². The zero-order chi connectivity index (χ0) is 45.3. The van der Waals surface area contributed by atoms with Crippen molar-refractivity contribution >= 4 is 23.8 Å². The molecule has 0 heterocycles. The quantitative estimate of drug-likeness (QED) is 0.0670. The van der Waals surface area contributed by atoms with Crippen molar-refractivity contribution in [2.24, 2.45) is 0 Å². The van der Waals surface area contributed by atoms with Gasteiger partial charge in [0.2, 0.25) is 0 Å². The van der Waals surface area contributed by atoms with Crippen molar-refractivity contribution in [3.8, 4) is 34.5 Å². The Labute approximate surface area is 394 Å². The van der Waals surface area contributed by atoms with Gasteiger partial charge in [0, 0.05) is 12.1 Å². The number of rotatable bonds is 21. The standard InChI is InChI=1S/C60H51O6P/c1-6-16-46(17-7-1)40-63-54-34-50(35-55(38-54)64-41-47-18-8-2-9-19-47)44-61-52-26-30-59(31-27-52)67(58-24-14-5-15-25-58)60-32-28-53(29-33-60)62-45-51-36-56(65-42-48-20-10-3-11-21-48)39-57(37-51)66-43-49-22-12-4-13-23-49/h1-39H,40-45H2. The van der Waals surface area contributed by atoms with E-state index in [1.807, 2.05) is 109 Å². The zero-order valence-electron chi connectivity index (χ0n) is 37.2. The van der Waals surface area contributed by atoms with Crippen LogP contribution in [0.1, 0.15) is 33.4 Å². The molecule has 7 heteroatoms. The molecule has 9 aromatic rings. The predicted molar refractivity (Wildman–Crippen MR) is 270 cm³/mol. The van der Waals surface area contributed by atoms with E-state index in [4.69, 9.17) is 28.4 Å².